The Morgan fingerprint density at radius 1 is 1.25 bits per heavy atom. The molecule has 0 unspecified atom stereocenters. The second-order valence-corrected chi connectivity index (χ2v) is 6.02. The minimum atomic E-state index is -0.986. The third kappa shape index (κ3) is 2.30. The van der Waals surface area contributed by atoms with Gasteiger partial charge in [-0.3, -0.25) is 10.1 Å². The van der Waals surface area contributed by atoms with Gasteiger partial charge in [0.15, 0.2) is 0 Å². The molecular formula is C12H14BClFNO4. The van der Waals surface area contributed by atoms with Gasteiger partial charge in [0.25, 0.3) is 0 Å². The Hall–Kier alpha value is -1.18. The molecule has 5 nitrogen and oxygen atoms in total. The molecule has 1 saturated heterocycles. The average Bonchev–Trinajstić information content (AvgIpc) is 2.47. The van der Waals surface area contributed by atoms with Crippen molar-refractivity contribution in [3.8, 4) is 0 Å². The van der Waals surface area contributed by atoms with E-state index in [4.69, 9.17) is 20.9 Å². The Balaban J connectivity index is 2.46. The second-order valence-electron chi connectivity index (χ2n) is 5.64. The zero-order chi connectivity index (χ0) is 15.3. The molecule has 1 heterocycles. The largest absolute Gasteiger partial charge is 0.496 e. The smallest absolute Gasteiger partial charge is 0.399 e. The highest BCUT2D eigenvalue weighted by Crippen LogP contribution is 2.38. The van der Waals surface area contributed by atoms with Crippen molar-refractivity contribution < 1.29 is 18.6 Å². The fourth-order valence-corrected chi connectivity index (χ4v) is 2.19. The lowest BCUT2D eigenvalue weighted by molar-refractivity contribution is -0.387. The summed E-state index contributed by atoms with van der Waals surface area (Å²) >= 11 is 5.93. The molecule has 8 heteroatoms. The Kier molecular flexibility index (Phi) is 3.56. The van der Waals surface area contributed by atoms with Crippen molar-refractivity contribution in [1.29, 1.82) is 0 Å². The van der Waals surface area contributed by atoms with Crippen molar-refractivity contribution in [3.05, 3.63) is 33.1 Å². The molecule has 2 rings (SSSR count). The lowest BCUT2D eigenvalue weighted by atomic mass is 9.78. The van der Waals surface area contributed by atoms with E-state index in [1.165, 1.54) is 6.07 Å². The van der Waals surface area contributed by atoms with Crippen LogP contribution in [-0.2, 0) is 9.31 Å². The summed E-state index contributed by atoms with van der Waals surface area (Å²) in [5.41, 5.74) is -1.73. The van der Waals surface area contributed by atoms with Gasteiger partial charge >= 0.3 is 12.8 Å². The number of hydrogen-bond acceptors (Lipinski definition) is 4. The quantitative estimate of drug-likeness (QED) is 0.479. The van der Waals surface area contributed by atoms with Crippen LogP contribution in [0.2, 0.25) is 5.02 Å². The Morgan fingerprint density at radius 2 is 1.75 bits per heavy atom. The molecule has 108 valence electrons. The van der Waals surface area contributed by atoms with E-state index in [2.05, 4.69) is 0 Å². The summed E-state index contributed by atoms with van der Waals surface area (Å²) in [5, 5.41) is 10.6. The highest BCUT2D eigenvalue weighted by molar-refractivity contribution is 6.66. The number of nitro benzene ring substituents is 1. The summed E-state index contributed by atoms with van der Waals surface area (Å²) in [7, 11) is -0.869. The van der Waals surface area contributed by atoms with E-state index in [0.717, 1.165) is 6.07 Å². The lowest BCUT2D eigenvalue weighted by Gasteiger charge is -2.32. The molecule has 0 radical (unpaired) electrons. The summed E-state index contributed by atoms with van der Waals surface area (Å²) in [4.78, 5) is 10.0. The van der Waals surface area contributed by atoms with E-state index in [1.54, 1.807) is 0 Å². The highest BCUT2D eigenvalue weighted by Gasteiger charge is 2.52. The van der Waals surface area contributed by atoms with E-state index in [1.807, 2.05) is 27.7 Å². The summed E-state index contributed by atoms with van der Waals surface area (Å²) in [5.74, 6) is -0.986. The molecule has 20 heavy (non-hydrogen) atoms. The molecule has 0 saturated carbocycles. The van der Waals surface area contributed by atoms with E-state index in [-0.39, 0.29) is 10.5 Å². The SMILES string of the molecule is CC1(C)OB(c2ccc(F)c([N+](=O)[O-])c2Cl)OC1(C)C. The van der Waals surface area contributed by atoms with Gasteiger partial charge in [0.1, 0.15) is 5.02 Å². The van der Waals surface area contributed by atoms with Gasteiger partial charge in [0, 0.05) is 5.46 Å². The van der Waals surface area contributed by atoms with Crippen molar-refractivity contribution in [1.82, 2.24) is 0 Å². The number of hydrogen-bond donors (Lipinski definition) is 0. The number of halogens is 2. The molecule has 1 fully saturated rings. The molecule has 0 N–H and O–H groups in total. The second kappa shape index (κ2) is 4.68. The third-order valence-electron chi connectivity index (χ3n) is 3.79. The first-order valence-electron chi connectivity index (χ1n) is 6.05. The fourth-order valence-electron chi connectivity index (χ4n) is 1.88. The van der Waals surface area contributed by atoms with Crippen LogP contribution in [0.3, 0.4) is 0 Å². The third-order valence-corrected chi connectivity index (χ3v) is 4.18. The monoisotopic (exact) mass is 301 g/mol. The minimum Gasteiger partial charge on any atom is -0.399 e. The molecule has 0 spiro atoms. The van der Waals surface area contributed by atoms with Crippen LogP contribution in [0.4, 0.5) is 10.1 Å². The van der Waals surface area contributed by atoms with Gasteiger partial charge in [-0.15, -0.1) is 0 Å². The zero-order valence-electron chi connectivity index (χ0n) is 11.6. The van der Waals surface area contributed by atoms with Gasteiger partial charge in [0.05, 0.1) is 16.1 Å². The van der Waals surface area contributed by atoms with Crippen LogP contribution in [-0.4, -0.2) is 23.2 Å². The predicted octanol–water partition coefficient (Wildman–Crippen LogP) is 2.69. The molecule has 0 amide bonds. The molecule has 1 aromatic rings. The molecular weight excluding hydrogens is 287 g/mol. The van der Waals surface area contributed by atoms with Crippen molar-refractivity contribution in [3.63, 3.8) is 0 Å². The molecule has 1 aliphatic heterocycles. The van der Waals surface area contributed by atoms with Gasteiger partial charge in [-0.1, -0.05) is 17.7 Å². The van der Waals surface area contributed by atoms with Gasteiger partial charge in [-0.05, 0) is 33.8 Å². The minimum absolute atomic E-state index is 0.249. The first kappa shape index (κ1) is 15.2. The van der Waals surface area contributed by atoms with Crippen molar-refractivity contribution in [2.75, 3.05) is 0 Å². The molecule has 1 aromatic carbocycles. The highest BCUT2D eigenvalue weighted by atomic mass is 35.5. The fraction of sp³-hybridized carbons (Fsp3) is 0.500. The van der Waals surface area contributed by atoms with Crippen LogP contribution >= 0.6 is 11.6 Å². The number of benzene rings is 1. The first-order chi connectivity index (χ1) is 9.07. The maximum absolute atomic E-state index is 13.5. The van der Waals surface area contributed by atoms with Crippen LogP contribution in [0.1, 0.15) is 27.7 Å². The van der Waals surface area contributed by atoms with Crippen LogP contribution in [0.25, 0.3) is 0 Å². The lowest BCUT2D eigenvalue weighted by Crippen LogP contribution is -2.41. The number of rotatable bonds is 2. The zero-order valence-corrected chi connectivity index (χ0v) is 12.3. The van der Waals surface area contributed by atoms with Gasteiger partial charge in [-0.2, -0.15) is 4.39 Å². The summed E-state index contributed by atoms with van der Waals surface area (Å²) < 4.78 is 25.0. The van der Waals surface area contributed by atoms with Crippen LogP contribution < -0.4 is 5.46 Å². The van der Waals surface area contributed by atoms with Crippen molar-refractivity contribution >= 4 is 29.9 Å². The predicted molar refractivity (Wildman–Crippen MR) is 73.8 cm³/mol. The van der Waals surface area contributed by atoms with E-state index in [0.29, 0.717) is 0 Å². The van der Waals surface area contributed by atoms with Crippen LogP contribution in [0, 0.1) is 15.9 Å². The molecule has 0 bridgehead atoms. The molecule has 0 aliphatic carbocycles. The summed E-state index contributed by atoms with van der Waals surface area (Å²) in [6, 6.07) is 2.33. The maximum atomic E-state index is 13.5. The van der Waals surface area contributed by atoms with Gasteiger partial charge in [0.2, 0.25) is 5.82 Å². The van der Waals surface area contributed by atoms with E-state index < -0.39 is 34.7 Å². The Morgan fingerprint density at radius 3 is 2.20 bits per heavy atom. The summed E-state index contributed by atoms with van der Waals surface area (Å²) in [6.45, 7) is 7.38. The Bertz CT molecular complexity index is 563. The topological polar surface area (TPSA) is 61.6 Å². The van der Waals surface area contributed by atoms with Gasteiger partial charge < -0.3 is 9.31 Å². The molecule has 0 aromatic heterocycles. The molecule has 0 atom stereocenters. The van der Waals surface area contributed by atoms with Crippen LogP contribution in [0.15, 0.2) is 12.1 Å². The average molecular weight is 302 g/mol. The first-order valence-corrected chi connectivity index (χ1v) is 6.42. The van der Waals surface area contributed by atoms with Crippen molar-refractivity contribution in [2.45, 2.75) is 38.9 Å². The van der Waals surface area contributed by atoms with Crippen molar-refractivity contribution in [2.24, 2.45) is 0 Å². The van der Waals surface area contributed by atoms with E-state index >= 15 is 0 Å². The van der Waals surface area contributed by atoms with Crippen LogP contribution in [0.5, 0.6) is 0 Å². The normalized spacial score (nSPS) is 20.2. The van der Waals surface area contributed by atoms with Gasteiger partial charge in [-0.25, -0.2) is 0 Å². The Labute approximate surface area is 121 Å². The number of nitro groups is 1. The number of nitrogens with zero attached hydrogens (tertiary/aromatic N) is 1. The summed E-state index contributed by atoms with van der Waals surface area (Å²) in [6.07, 6.45) is 0. The van der Waals surface area contributed by atoms with E-state index in [9.17, 15) is 14.5 Å². The standard InChI is InChI=1S/C12H14BClFNO4/c1-11(2)12(3,4)20-13(19-11)7-5-6-8(15)10(9(7)14)16(17)18/h5-6H,1-4H3. The molecule has 1 aliphatic rings. The maximum Gasteiger partial charge on any atom is 0.496 e.